The molecule has 0 aromatic heterocycles. The Morgan fingerprint density at radius 3 is 2.71 bits per heavy atom. The molecule has 24 heavy (non-hydrogen) atoms. The second kappa shape index (κ2) is 11.1. The zero-order valence-electron chi connectivity index (χ0n) is 14.5. The minimum atomic E-state index is 0.590. The van der Waals surface area contributed by atoms with Crippen LogP contribution in [0.5, 0.6) is 0 Å². The van der Waals surface area contributed by atoms with E-state index in [0.29, 0.717) is 5.11 Å². The van der Waals surface area contributed by atoms with Crippen LogP contribution in [-0.4, -0.2) is 50.2 Å². The van der Waals surface area contributed by atoms with Gasteiger partial charge in [-0.2, -0.15) is 5.10 Å². The quantitative estimate of drug-likeness (QED) is 0.372. The first-order chi connectivity index (χ1) is 11.8. The molecule has 1 aromatic rings. The zero-order chi connectivity index (χ0) is 17.0. The van der Waals surface area contributed by atoms with Gasteiger partial charge in [-0.1, -0.05) is 43.7 Å². The van der Waals surface area contributed by atoms with Crippen molar-refractivity contribution in [2.45, 2.75) is 26.2 Å². The number of ether oxygens (including phenoxy) is 1. The first-order valence-corrected chi connectivity index (χ1v) is 9.27. The average Bonchev–Trinajstić information content (AvgIpc) is 2.63. The molecule has 0 saturated carbocycles. The summed E-state index contributed by atoms with van der Waals surface area (Å²) in [7, 11) is 0. The molecule has 5 nitrogen and oxygen atoms in total. The number of hydrogen-bond acceptors (Lipinski definition) is 3. The molecule has 1 fully saturated rings. The van der Waals surface area contributed by atoms with Crippen molar-refractivity contribution in [3.8, 4) is 0 Å². The van der Waals surface area contributed by atoms with Crippen LogP contribution < -0.4 is 15.6 Å². The molecule has 0 radical (unpaired) electrons. The first-order valence-electron chi connectivity index (χ1n) is 8.86. The Balaban J connectivity index is 1.78. The molecule has 1 saturated heterocycles. The van der Waals surface area contributed by atoms with Crippen molar-refractivity contribution in [1.29, 1.82) is 0 Å². The molecule has 3 N–H and O–H groups in total. The number of thiocarbonyl (C=S) groups is 1. The minimum absolute atomic E-state index is 0.590. The summed E-state index contributed by atoms with van der Waals surface area (Å²) in [5, 5.41) is 8.37. The van der Waals surface area contributed by atoms with Gasteiger partial charge >= 0.3 is 0 Å². The molecule has 0 unspecified atom stereocenters. The van der Waals surface area contributed by atoms with Gasteiger partial charge in [-0.15, -0.1) is 0 Å². The number of morpholine rings is 1. The fourth-order valence-corrected chi connectivity index (χ4v) is 2.81. The van der Waals surface area contributed by atoms with Crippen molar-refractivity contribution in [3.05, 3.63) is 35.9 Å². The summed E-state index contributed by atoms with van der Waals surface area (Å²) in [6.45, 7) is 7.98. The van der Waals surface area contributed by atoms with E-state index < -0.39 is 0 Å². The molecule has 0 aliphatic carbocycles. The molecular weight excluding hydrogens is 320 g/mol. The smallest absolute Gasteiger partial charge is 0.187 e. The van der Waals surface area contributed by atoms with Crippen molar-refractivity contribution in [1.82, 2.24) is 10.7 Å². The Kier molecular flexibility index (Phi) is 8.73. The fraction of sp³-hybridized carbons (Fsp3) is 0.556. The average molecular weight is 350 g/mol. The molecule has 1 aromatic carbocycles. The van der Waals surface area contributed by atoms with Crippen LogP contribution in [0.3, 0.4) is 0 Å². The van der Waals surface area contributed by atoms with E-state index in [1.54, 1.807) is 4.90 Å². The monoisotopic (exact) mass is 349 g/mol. The maximum absolute atomic E-state index is 5.37. The van der Waals surface area contributed by atoms with Crippen LogP contribution >= 0.6 is 12.2 Å². The minimum Gasteiger partial charge on any atom is -0.370 e. The summed E-state index contributed by atoms with van der Waals surface area (Å²) >= 11 is 5.34. The van der Waals surface area contributed by atoms with Crippen LogP contribution in [-0.2, 0) is 4.74 Å². The van der Waals surface area contributed by atoms with Gasteiger partial charge < -0.3 is 15.0 Å². The van der Waals surface area contributed by atoms with E-state index in [1.165, 1.54) is 0 Å². The van der Waals surface area contributed by atoms with Crippen molar-refractivity contribution < 1.29 is 9.64 Å². The topological polar surface area (TPSA) is 50.1 Å². The molecule has 0 spiro atoms. The highest BCUT2D eigenvalue weighted by Gasteiger charge is 2.12. The van der Waals surface area contributed by atoms with Crippen LogP contribution in [0.2, 0.25) is 0 Å². The second-order valence-electron chi connectivity index (χ2n) is 6.01. The van der Waals surface area contributed by atoms with Gasteiger partial charge in [0.2, 0.25) is 0 Å². The fourth-order valence-electron chi connectivity index (χ4n) is 2.66. The van der Waals surface area contributed by atoms with Gasteiger partial charge in [0.25, 0.3) is 0 Å². The number of nitrogens with zero attached hydrogens (tertiary/aromatic N) is 1. The molecule has 0 atom stereocenters. The van der Waals surface area contributed by atoms with Crippen LogP contribution in [0.25, 0.3) is 0 Å². The number of hydrazone groups is 1. The third-order valence-electron chi connectivity index (χ3n) is 4.13. The van der Waals surface area contributed by atoms with Crippen LogP contribution in [0, 0.1) is 0 Å². The van der Waals surface area contributed by atoms with Crippen molar-refractivity contribution in [2.75, 3.05) is 39.4 Å². The summed E-state index contributed by atoms with van der Waals surface area (Å²) < 4.78 is 5.37. The lowest BCUT2D eigenvalue weighted by Gasteiger charge is -2.23. The van der Waals surface area contributed by atoms with Gasteiger partial charge in [0.15, 0.2) is 5.11 Å². The van der Waals surface area contributed by atoms with Crippen molar-refractivity contribution in [3.63, 3.8) is 0 Å². The summed E-state index contributed by atoms with van der Waals surface area (Å²) in [6, 6.07) is 10.3. The normalized spacial score (nSPS) is 16.0. The van der Waals surface area contributed by atoms with E-state index in [4.69, 9.17) is 17.0 Å². The van der Waals surface area contributed by atoms with Crippen LogP contribution in [0.4, 0.5) is 0 Å². The third kappa shape index (κ3) is 6.95. The standard InChI is InChI=1S/C18H28N4OS/c1-2-3-9-17(16-7-5-4-6-8-16)20-21-18(24)19-10-11-22-12-14-23-15-13-22/h4-8H,2-3,9-15H2,1H3,(H2,19,21,24)/p+1/b20-17-. The van der Waals surface area contributed by atoms with Crippen molar-refractivity contribution >= 4 is 23.0 Å². The Morgan fingerprint density at radius 1 is 1.25 bits per heavy atom. The highest BCUT2D eigenvalue weighted by Crippen LogP contribution is 2.07. The summed E-state index contributed by atoms with van der Waals surface area (Å²) in [6.07, 6.45) is 3.22. The van der Waals surface area contributed by atoms with Gasteiger partial charge in [-0.05, 0) is 30.6 Å². The molecule has 2 rings (SSSR count). The van der Waals surface area contributed by atoms with Gasteiger partial charge in [0.05, 0.1) is 32.0 Å². The predicted molar refractivity (Wildman–Crippen MR) is 103 cm³/mol. The molecule has 0 amide bonds. The predicted octanol–water partition coefficient (Wildman–Crippen LogP) is 0.960. The lowest BCUT2D eigenvalue weighted by atomic mass is 10.1. The number of hydrogen-bond donors (Lipinski definition) is 3. The molecule has 0 bridgehead atoms. The van der Waals surface area contributed by atoms with E-state index in [2.05, 4.69) is 34.9 Å². The molecule has 6 heteroatoms. The Bertz CT molecular complexity index is 515. The van der Waals surface area contributed by atoms with E-state index in [1.807, 2.05) is 18.2 Å². The van der Waals surface area contributed by atoms with Crippen LogP contribution in [0.15, 0.2) is 35.4 Å². The molecular formula is C18H29N4OS+. The SMILES string of the molecule is CCCC/C(=N/NC(=S)NCC[NH+]1CCOCC1)c1ccccc1. The first kappa shape index (κ1) is 18.8. The summed E-state index contributed by atoms with van der Waals surface area (Å²) in [5.74, 6) is 0. The highest BCUT2D eigenvalue weighted by atomic mass is 32.1. The van der Waals surface area contributed by atoms with Gasteiger partial charge in [-0.3, -0.25) is 5.43 Å². The van der Waals surface area contributed by atoms with E-state index in [9.17, 15) is 0 Å². The Hall–Kier alpha value is -1.50. The van der Waals surface area contributed by atoms with E-state index in [-0.39, 0.29) is 0 Å². The summed E-state index contributed by atoms with van der Waals surface area (Å²) in [4.78, 5) is 1.56. The number of benzene rings is 1. The molecule has 132 valence electrons. The van der Waals surface area contributed by atoms with Crippen LogP contribution in [0.1, 0.15) is 31.7 Å². The number of nitrogens with one attached hydrogen (secondary N) is 3. The molecule has 1 aliphatic rings. The molecule has 1 aliphatic heterocycles. The number of quaternary nitrogens is 1. The maximum Gasteiger partial charge on any atom is 0.187 e. The van der Waals surface area contributed by atoms with Gasteiger partial charge in [0, 0.05) is 0 Å². The van der Waals surface area contributed by atoms with Gasteiger partial charge in [0.1, 0.15) is 13.1 Å². The molecule has 1 heterocycles. The Labute approximate surface area is 150 Å². The lowest BCUT2D eigenvalue weighted by molar-refractivity contribution is -0.906. The number of rotatable bonds is 8. The van der Waals surface area contributed by atoms with Crippen molar-refractivity contribution in [2.24, 2.45) is 5.10 Å². The summed E-state index contributed by atoms with van der Waals surface area (Å²) in [5.41, 5.74) is 5.21. The van der Waals surface area contributed by atoms with E-state index >= 15 is 0 Å². The largest absolute Gasteiger partial charge is 0.370 e. The third-order valence-corrected chi connectivity index (χ3v) is 4.37. The highest BCUT2D eigenvalue weighted by molar-refractivity contribution is 7.80. The maximum atomic E-state index is 5.37. The lowest BCUT2D eigenvalue weighted by Crippen LogP contribution is -3.14. The van der Waals surface area contributed by atoms with E-state index in [0.717, 1.165) is 69.9 Å². The zero-order valence-corrected chi connectivity index (χ0v) is 15.3. The second-order valence-corrected chi connectivity index (χ2v) is 6.42. The van der Waals surface area contributed by atoms with Gasteiger partial charge in [-0.25, -0.2) is 0 Å². The Morgan fingerprint density at radius 2 is 2.00 bits per heavy atom. The number of unbranched alkanes of at least 4 members (excludes halogenated alkanes) is 1.